The lowest BCUT2D eigenvalue weighted by atomic mass is 10.1. The third-order valence-corrected chi connectivity index (χ3v) is 2.82. The quantitative estimate of drug-likeness (QED) is 0.782. The fourth-order valence-corrected chi connectivity index (χ4v) is 1.59. The van der Waals surface area contributed by atoms with Crippen LogP contribution < -0.4 is 10.1 Å². The molecule has 0 saturated carbocycles. The summed E-state index contributed by atoms with van der Waals surface area (Å²) >= 11 is 0. The maximum atomic E-state index is 5.81. The van der Waals surface area contributed by atoms with Crippen LogP contribution in [0.1, 0.15) is 11.1 Å². The molecule has 1 aromatic rings. The largest absolute Gasteiger partial charge is 0.492 e. The Morgan fingerprint density at radius 2 is 2.00 bits per heavy atom. The van der Waals surface area contributed by atoms with Gasteiger partial charge in [0.1, 0.15) is 12.4 Å². The lowest BCUT2D eigenvalue weighted by Gasteiger charge is -2.17. The molecule has 1 rings (SSSR count). The molecule has 0 unspecified atom stereocenters. The normalized spacial score (nSPS) is 10.9. The van der Waals surface area contributed by atoms with Crippen LogP contribution in [0, 0.1) is 13.8 Å². The van der Waals surface area contributed by atoms with E-state index in [0.717, 1.165) is 32.0 Å². The van der Waals surface area contributed by atoms with E-state index in [1.807, 2.05) is 7.05 Å². The third-order valence-electron chi connectivity index (χ3n) is 2.82. The lowest BCUT2D eigenvalue weighted by Crippen LogP contribution is -2.30. The van der Waals surface area contributed by atoms with Gasteiger partial charge in [-0.3, -0.25) is 0 Å². The zero-order valence-electron chi connectivity index (χ0n) is 11.4. The third kappa shape index (κ3) is 5.20. The summed E-state index contributed by atoms with van der Waals surface area (Å²) in [5.41, 5.74) is 2.45. The number of ether oxygens (including phenoxy) is 1. The van der Waals surface area contributed by atoms with Gasteiger partial charge in [-0.25, -0.2) is 0 Å². The van der Waals surface area contributed by atoms with Gasteiger partial charge in [-0.1, -0.05) is 12.1 Å². The second-order valence-electron chi connectivity index (χ2n) is 4.52. The van der Waals surface area contributed by atoms with Crippen molar-refractivity contribution in [3.63, 3.8) is 0 Å². The Kier molecular flexibility index (Phi) is 6.01. The molecule has 1 N–H and O–H groups in total. The molecule has 3 heteroatoms. The minimum Gasteiger partial charge on any atom is -0.492 e. The summed E-state index contributed by atoms with van der Waals surface area (Å²) in [5.74, 6) is 1.01. The second-order valence-corrected chi connectivity index (χ2v) is 4.52. The van der Waals surface area contributed by atoms with Gasteiger partial charge >= 0.3 is 0 Å². The highest BCUT2D eigenvalue weighted by Crippen LogP contribution is 2.18. The van der Waals surface area contributed by atoms with Gasteiger partial charge in [-0.05, 0) is 45.1 Å². The molecule has 0 fully saturated rings. The summed E-state index contributed by atoms with van der Waals surface area (Å²) in [6.45, 7) is 7.93. The Morgan fingerprint density at radius 3 is 2.71 bits per heavy atom. The van der Waals surface area contributed by atoms with Gasteiger partial charge in [-0.15, -0.1) is 0 Å². The highest BCUT2D eigenvalue weighted by Gasteiger charge is 2.01. The Morgan fingerprint density at radius 1 is 1.24 bits per heavy atom. The van der Waals surface area contributed by atoms with Gasteiger partial charge in [0.05, 0.1) is 0 Å². The van der Waals surface area contributed by atoms with Crippen LogP contribution >= 0.6 is 0 Å². The predicted molar refractivity (Wildman–Crippen MR) is 72.8 cm³/mol. The number of hydrogen-bond acceptors (Lipinski definition) is 3. The van der Waals surface area contributed by atoms with Crippen LogP contribution in [0.4, 0.5) is 0 Å². The molecule has 0 amide bonds. The van der Waals surface area contributed by atoms with Crippen molar-refractivity contribution in [2.24, 2.45) is 0 Å². The van der Waals surface area contributed by atoms with E-state index in [9.17, 15) is 0 Å². The first-order chi connectivity index (χ1) is 8.13. The molecule has 0 heterocycles. The number of nitrogens with one attached hydrogen (secondary N) is 1. The summed E-state index contributed by atoms with van der Waals surface area (Å²) in [6.07, 6.45) is 0. The van der Waals surface area contributed by atoms with E-state index < -0.39 is 0 Å². The molecule has 96 valence electrons. The molecular formula is C14H24N2O. The van der Waals surface area contributed by atoms with E-state index >= 15 is 0 Å². The molecule has 0 spiro atoms. The first-order valence-electron chi connectivity index (χ1n) is 6.16. The predicted octanol–water partition coefficient (Wildman–Crippen LogP) is 1.83. The van der Waals surface area contributed by atoms with E-state index in [1.54, 1.807) is 0 Å². The number of nitrogens with zero attached hydrogens (tertiary/aromatic N) is 1. The fourth-order valence-electron chi connectivity index (χ4n) is 1.59. The van der Waals surface area contributed by atoms with Crippen LogP contribution in [0.15, 0.2) is 18.2 Å². The number of aryl methyl sites for hydroxylation is 2. The van der Waals surface area contributed by atoms with Gasteiger partial charge in [0.15, 0.2) is 0 Å². The van der Waals surface area contributed by atoms with Gasteiger partial charge in [0.2, 0.25) is 0 Å². The standard InChI is InChI=1S/C14H24N2O/c1-12-5-6-13(2)14(11-12)17-10-9-16(4)8-7-15-3/h5-6,11,15H,7-10H2,1-4H3. The fraction of sp³-hybridized carbons (Fsp3) is 0.571. The number of likely N-dealkylation sites (N-methyl/N-ethyl adjacent to an activating group) is 2. The molecule has 0 bridgehead atoms. The van der Waals surface area contributed by atoms with Gasteiger partial charge in [-0.2, -0.15) is 0 Å². The molecule has 3 nitrogen and oxygen atoms in total. The highest BCUT2D eigenvalue weighted by atomic mass is 16.5. The Labute approximate surface area is 105 Å². The molecule has 0 aliphatic heterocycles. The second kappa shape index (κ2) is 7.30. The van der Waals surface area contributed by atoms with Crippen LogP contribution in [0.2, 0.25) is 0 Å². The number of benzene rings is 1. The summed E-state index contributed by atoms with van der Waals surface area (Å²) < 4.78 is 5.81. The molecule has 0 atom stereocenters. The lowest BCUT2D eigenvalue weighted by molar-refractivity contribution is 0.237. The van der Waals surface area contributed by atoms with Gasteiger partial charge < -0.3 is 15.0 Å². The zero-order valence-corrected chi connectivity index (χ0v) is 11.4. The minimum absolute atomic E-state index is 0.741. The number of rotatable bonds is 7. The van der Waals surface area contributed by atoms with E-state index in [1.165, 1.54) is 11.1 Å². The van der Waals surface area contributed by atoms with Gasteiger partial charge in [0, 0.05) is 19.6 Å². The maximum absolute atomic E-state index is 5.81. The van der Waals surface area contributed by atoms with Crippen molar-refractivity contribution < 1.29 is 4.74 Å². The average molecular weight is 236 g/mol. The van der Waals surface area contributed by atoms with E-state index in [0.29, 0.717) is 0 Å². The van der Waals surface area contributed by atoms with Crippen LogP contribution in [-0.4, -0.2) is 45.2 Å². The molecular weight excluding hydrogens is 212 g/mol. The van der Waals surface area contributed by atoms with Crippen LogP contribution in [0.3, 0.4) is 0 Å². The molecule has 17 heavy (non-hydrogen) atoms. The van der Waals surface area contributed by atoms with Crippen molar-refractivity contribution in [2.45, 2.75) is 13.8 Å². The monoisotopic (exact) mass is 236 g/mol. The molecule has 0 aliphatic carbocycles. The highest BCUT2D eigenvalue weighted by molar-refractivity contribution is 5.35. The van der Waals surface area contributed by atoms with Crippen molar-refractivity contribution in [1.82, 2.24) is 10.2 Å². The Balaban J connectivity index is 2.32. The van der Waals surface area contributed by atoms with Crippen molar-refractivity contribution in [1.29, 1.82) is 0 Å². The van der Waals surface area contributed by atoms with E-state index in [-0.39, 0.29) is 0 Å². The summed E-state index contributed by atoms with van der Waals surface area (Å²) in [7, 11) is 4.09. The Bertz CT molecular complexity index is 339. The Hall–Kier alpha value is -1.06. The smallest absolute Gasteiger partial charge is 0.122 e. The SMILES string of the molecule is CNCCN(C)CCOc1cc(C)ccc1C. The van der Waals surface area contributed by atoms with E-state index in [2.05, 4.69) is 49.3 Å². The van der Waals surface area contributed by atoms with Crippen molar-refractivity contribution in [3.05, 3.63) is 29.3 Å². The molecule has 0 radical (unpaired) electrons. The zero-order chi connectivity index (χ0) is 12.7. The number of hydrogen-bond donors (Lipinski definition) is 1. The first-order valence-corrected chi connectivity index (χ1v) is 6.16. The minimum atomic E-state index is 0.741. The van der Waals surface area contributed by atoms with Crippen molar-refractivity contribution in [2.75, 3.05) is 40.3 Å². The summed E-state index contributed by atoms with van der Waals surface area (Å²) in [5, 5.41) is 3.14. The van der Waals surface area contributed by atoms with Gasteiger partial charge in [0.25, 0.3) is 0 Å². The van der Waals surface area contributed by atoms with Crippen molar-refractivity contribution >= 4 is 0 Å². The molecule has 0 aromatic heterocycles. The molecule has 0 saturated heterocycles. The van der Waals surface area contributed by atoms with Crippen molar-refractivity contribution in [3.8, 4) is 5.75 Å². The maximum Gasteiger partial charge on any atom is 0.122 e. The topological polar surface area (TPSA) is 24.5 Å². The van der Waals surface area contributed by atoms with E-state index in [4.69, 9.17) is 4.74 Å². The van der Waals surface area contributed by atoms with Crippen LogP contribution in [-0.2, 0) is 0 Å². The van der Waals surface area contributed by atoms with Crippen LogP contribution in [0.5, 0.6) is 5.75 Å². The molecule has 0 aliphatic rings. The van der Waals surface area contributed by atoms with Crippen LogP contribution in [0.25, 0.3) is 0 Å². The first kappa shape index (κ1) is 14.0. The molecule has 1 aromatic carbocycles. The summed E-state index contributed by atoms with van der Waals surface area (Å²) in [4.78, 5) is 2.27. The average Bonchev–Trinajstić information content (AvgIpc) is 2.31. The summed E-state index contributed by atoms with van der Waals surface area (Å²) in [6, 6.07) is 6.32.